The molecule has 3 N–H and O–H groups in total. The molecule has 4 rings (SSSR count). The Kier molecular flexibility index (Phi) is 5.12. The van der Waals surface area contributed by atoms with Gasteiger partial charge in [0.05, 0.1) is 36.4 Å². The van der Waals surface area contributed by atoms with Gasteiger partial charge in [0.15, 0.2) is 0 Å². The number of hydrogen-bond donors (Lipinski definition) is 3. The number of anilines is 1. The maximum Gasteiger partial charge on any atom is 0.320 e. The molecule has 1 aromatic carbocycles. The fraction of sp³-hybridized carbons (Fsp3) is 0.350. The first-order chi connectivity index (χ1) is 13.7. The molecule has 0 radical (unpaired) electrons. The summed E-state index contributed by atoms with van der Waals surface area (Å²) in [6.07, 6.45) is 2.16. The first kappa shape index (κ1) is 18.2. The quantitative estimate of drug-likeness (QED) is 0.583. The van der Waals surface area contributed by atoms with Gasteiger partial charge in [-0.15, -0.1) is 5.10 Å². The van der Waals surface area contributed by atoms with Gasteiger partial charge in [-0.25, -0.2) is 9.78 Å². The van der Waals surface area contributed by atoms with Crippen LogP contribution < -0.4 is 15.4 Å². The lowest BCUT2D eigenvalue weighted by Crippen LogP contribution is -2.35. The molecule has 1 aliphatic rings. The van der Waals surface area contributed by atoms with Crippen LogP contribution in [0, 0.1) is 0 Å². The Bertz CT molecular complexity index is 969. The number of fused-ring (bicyclic) bond motifs is 1. The highest BCUT2D eigenvalue weighted by atomic mass is 16.5. The summed E-state index contributed by atoms with van der Waals surface area (Å²) in [5, 5.41) is 13.8. The van der Waals surface area contributed by atoms with Crippen molar-refractivity contribution < 1.29 is 14.3 Å². The zero-order valence-corrected chi connectivity index (χ0v) is 15.9. The van der Waals surface area contributed by atoms with Crippen molar-refractivity contribution in [3.8, 4) is 5.88 Å². The largest absolute Gasteiger partial charge is 0.479 e. The average molecular weight is 381 g/mol. The lowest BCUT2D eigenvalue weighted by atomic mass is 10.1. The highest BCUT2D eigenvalue weighted by Gasteiger charge is 2.30. The van der Waals surface area contributed by atoms with E-state index in [4.69, 9.17) is 9.47 Å². The second kappa shape index (κ2) is 7.85. The minimum atomic E-state index is -0.342. The third kappa shape index (κ3) is 3.77. The molecular weight excluding hydrogens is 358 g/mol. The number of carbonyl (C=O) groups excluding carboxylic acids is 1. The van der Waals surface area contributed by atoms with Gasteiger partial charge in [0.1, 0.15) is 5.82 Å². The Morgan fingerprint density at radius 2 is 2.07 bits per heavy atom. The average Bonchev–Trinajstić information content (AvgIpc) is 3.47. The van der Waals surface area contributed by atoms with Crippen LogP contribution in [0.25, 0.3) is 10.9 Å². The van der Waals surface area contributed by atoms with Gasteiger partial charge in [-0.1, -0.05) is 30.3 Å². The summed E-state index contributed by atoms with van der Waals surface area (Å²) >= 11 is 0. The van der Waals surface area contributed by atoms with Crippen LogP contribution in [0.4, 0.5) is 10.6 Å². The molecule has 1 saturated carbocycles. The number of nitrogens with one attached hydrogen (secondary N) is 3. The van der Waals surface area contributed by atoms with Crippen LogP contribution in [0.1, 0.15) is 36.1 Å². The van der Waals surface area contributed by atoms with Crippen LogP contribution in [0.2, 0.25) is 0 Å². The number of H-pyrrole nitrogens is 1. The predicted octanol–water partition coefficient (Wildman–Crippen LogP) is 3.35. The van der Waals surface area contributed by atoms with E-state index in [1.807, 2.05) is 30.3 Å². The zero-order chi connectivity index (χ0) is 19.5. The van der Waals surface area contributed by atoms with Gasteiger partial charge in [0.25, 0.3) is 0 Å². The minimum Gasteiger partial charge on any atom is -0.479 e. The summed E-state index contributed by atoms with van der Waals surface area (Å²) in [5.74, 6) is 1.39. The number of carbonyl (C=O) groups is 1. The van der Waals surface area contributed by atoms with Crippen molar-refractivity contribution in [2.75, 3.05) is 26.1 Å². The fourth-order valence-corrected chi connectivity index (χ4v) is 3.29. The monoisotopic (exact) mass is 381 g/mol. The molecule has 1 unspecified atom stereocenters. The van der Waals surface area contributed by atoms with Crippen molar-refractivity contribution in [1.82, 2.24) is 20.5 Å². The van der Waals surface area contributed by atoms with E-state index >= 15 is 0 Å². The Labute approximate surface area is 162 Å². The van der Waals surface area contributed by atoms with Crippen molar-refractivity contribution in [2.24, 2.45) is 0 Å². The standard InChI is InChI=1S/C20H23N5O3/c1-27-11-15(12-6-4-3-5-7-12)21-20(26)23-16-10-14-17(19(28-2)25-24-14)18(22-16)13-8-9-13/h3-7,10,13,15H,8-9,11H2,1-2H3,(H,24,25)(H2,21,22,23,26). The molecule has 28 heavy (non-hydrogen) atoms. The van der Waals surface area contributed by atoms with Gasteiger partial charge in [0, 0.05) is 19.1 Å². The first-order valence-corrected chi connectivity index (χ1v) is 9.24. The maximum absolute atomic E-state index is 12.6. The van der Waals surface area contributed by atoms with E-state index < -0.39 is 0 Å². The lowest BCUT2D eigenvalue weighted by Gasteiger charge is -2.19. The number of nitrogens with zero attached hydrogens (tertiary/aromatic N) is 2. The van der Waals surface area contributed by atoms with Crippen LogP contribution in [0.15, 0.2) is 36.4 Å². The number of urea groups is 1. The van der Waals surface area contributed by atoms with E-state index in [0.29, 0.717) is 24.2 Å². The van der Waals surface area contributed by atoms with Gasteiger partial charge in [-0.2, -0.15) is 0 Å². The Balaban J connectivity index is 1.55. The third-order valence-corrected chi connectivity index (χ3v) is 4.78. The number of amides is 2. The highest BCUT2D eigenvalue weighted by Crippen LogP contribution is 2.44. The number of pyridine rings is 1. The molecule has 2 aromatic heterocycles. The van der Waals surface area contributed by atoms with E-state index in [2.05, 4.69) is 25.8 Å². The van der Waals surface area contributed by atoms with Crippen LogP contribution in [0.5, 0.6) is 5.88 Å². The summed E-state index contributed by atoms with van der Waals surface area (Å²) in [6, 6.07) is 10.9. The Morgan fingerprint density at radius 1 is 1.29 bits per heavy atom. The van der Waals surface area contributed by atoms with Crippen molar-refractivity contribution in [3.63, 3.8) is 0 Å². The molecule has 3 aromatic rings. The van der Waals surface area contributed by atoms with Crippen molar-refractivity contribution >= 4 is 22.8 Å². The van der Waals surface area contributed by atoms with Crippen molar-refractivity contribution in [3.05, 3.63) is 47.7 Å². The van der Waals surface area contributed by atoms with Gasteiger partial charge in [-0.3, -0.25) is 10.4 Å². The smallest absolute Gasteiger partial charge is 0.320 e. The Hall–Kier alpha value is -3.13. The zero-order valence-electron chi connectivity index (χ0n) is 15.9. The number of methoxy groups -OCH3 is 2. The SMILES string of the molecule is COCC(NC(=O)Nc1cc2[nH]nc(OC)c2c(C2CC2)n1)c1ccccc1. The number of hydrogen-bond acceptors (Lipinski definition) is 5. The van der Waals surface area contributed by atoms with E-state index in [9.17, 15) is 4.79 Å². The third-order valence-electron chi connectivity index (χ3n) is 4.78. The van der Waals surface area contributed by atoms with Crippen molar-refractivity contribution in [1.29, 1.82) is 0 Å². The van der Waals surface area contributed by atoms with Gasteiger partial charge in [0.2, 0.25) is 5.88 Å². The van der Waals surface area contributed by atoms with E-state index in [1.165, 1.54) is 0 Å². The lowest BCUT2D eigenvalue weighted by molar-refractivity contribution is 0.168. The molecule has 1 fully saturated rings. The predicted molar refractivity (Wildman–Crippen MR) is 106 cm³/mol. The molecular formula is C20H23N5O3. The first-order valence-electron chi connectivity index (χ1n) is 9.24. The molecule has 1 aliphatic carbocycles. The van der Waals surface area contributed by atoms with Gasteiger partial charge in [-0.05, 0) is 18.4 Å². The van der Waals surface area contributed by atoms with E-state index in [0.717, 1.165) is 35.0 Å². The second-order valence-electron chi connectivity index (χ2n) is 6.84. The number of ether oxygens (including phenoxy) is 2. The molecule has 0 bridgehead atoms. The van der Waals surface area contributed by atoms with Gasteiger partial charge >= 0.3 is 6.03 Å². The number of aromatic nitrogens is 3. The topological polar surface area (TPSA) is 101 Å². The molecule has 8 heteroatoms. The number of benzene rings is 1. The summed E-state index contributed by atoms with van der Waals surface area (Å²) in [6.45, 7) is 0.370. The summed E-state index contributed by atoms with van der Waals surface area (Å²) in [5.41, 5.74) is 2.68. The Morgan fingerprint density at radius 3 is 2.75 bits per heavy atom. The van der Waals surface area contributed by atoms with E-state index in [-0.39, 0.29) is 12.1 Å². The van der Waals surface area contributed by atoms with E-state index in [1.54, 1.807) is 20.3 Å². The summed E-state index contributed by atoms with van der Waals surface area (Å²) in [4.78, 5) is 17.3. The van der Waals surface area contributed by atoms with Crippen molar-refractivity contribution in [2.45, 2.75) is 24.8 Å². The number of aromatic amines is 1. The normalized spacial score (nSPS) is 14.6. The fourth-order valence-electron chi connectivity index (χ4n) is 3.29. The molecule has 8 nitrogen and oxygen atoms in total. The molecule has 0 spiro atoms. The molecule has 0 saturated heterocycles. The maximum atomic E-state index is 12.6. The molecule has 146 valence electrons. The summed E-state index contributed by atoms with van der Waals surface area (Å²) in [7, 11) is 3.20. The second-order valence-corrected chi connectivity index (χ2v) is 6.84. The highest BCUT2D eigenvalue weighted by molar-refractivity contribution is 5.93. The summed E-state index contributed by atoms with van der Waals surface area (Å²) < 4.78 is 10.6. The van der Waals surface area contributed by atoms with Crippen LogP contribution in [0.3, 0.4) is 0 Å². The van der Waals surface area contributed by atoms with Crippen LogP contribution in [-0.2, 0) is 4.74 Å². The van der Waals surface area contributed by atoms with Gasteiger partial charge < -0.3 is 14.8 Å². The van der Waals surface area contributed by atoms with Crippen LogP contribution in [-0.4, -0.2) is 42.0 Å². The molecule has 1 atom stereocenters. The van der Waals surface area contributed by atoms with Crippen LogP contribution >= 0.6 is 0 Å². The minimum absolute atomic E-state index is 0.259. The number of rotatable bonds is 7. The molecule has 0 aliphatic heterocycles. The molecule has 2 heterocycles. The molecule has 2 amide bonds.